The van der Waals surface area contributed by atoms with E-state index in [0.29, 0.717) is 11.0 Å². The van der Waals surface area contributed by atoms with Gasteiger partial charge in [0.05, 0.1) is 4.92 Å². The van der Waals surface area contributed by atoms with Gasteiger partial charge in [-0.3, -0.25) is 15.2 Å². The summed E-state index contributed by atoms with van der Waals surface area (Å²) in [4.78, 5) is 14.9. The second-order valence-electron chi connectivity index (χ2n) is 5.36. The monoisotopic (exact) mass is 352 g/mol. The van der Waals surface area contributed by atoms with E-state index in [9.17, 15) is 10.1 Å². The molecular weight excluding hydrogens is 336 g/mol. The molecule has 126 valence electrons. The van der Waals surface area contributed by atoms with Gasteiger partial charge in [0, 0.05) is 17.4 Å². The van der Waals surface area contributed by atoms with E-state index >= 15 is 0 Å². The highest BCUT2D eigenvalue weighted by Crippen LogP contribution is 2.34. The number of H-pyrrole nitrogens is 1. The van der Waals surface area contributed by atoms with Gasteiger partial charge in [0.1, 0.15) is 5.82 Å². The zero-order valence-corrected chi connectivity index (χ0v) is 14.3. The van der Waals surface area contributed by atoms with Crippen LogP contribution in [0.15, 0.2) is 59.8 Å². The molecule has 0 aliphatic rings. The van der Waals surface area contributed by atoms with Gasteiger partial charge in [-0.05, 0) is 24.1 Å². The first-order valence-electron chi connectivity index (χ1n) is 7.68. The van der Waals surface area contributed by atoms with Gasteiger partial charge in [-0.25, -0.2) is 4.98 Å². The summed E-state index contributed by atoms with van der Waals surface area (Å²) >= 11 is 1.45. The molecule has 2 aromatic carbocycles. The maximum absolute atomic E-state index is 10.9. The van der Waals surface area contributed by atoms with Crippen LogP contribution in [-0.2, 0) is 0 Å². The van der Waals surface area contributed by atoms with Crippen molar-refractivity contribution in [1.82, 2.24) is 15.2 Å². The van der Waals surface area contributed by atoms with Gasteiger partial charge in [-0.1, -0.05) is 60.3 Å². The van der Waals surface area contributed by atoms with Gasteiger partial charge >= 0.3 is 0 Å². The molecule has 0 radical (unpaired) electrons. The molecule has 7 heteroatoms. The fourth-order valence-corrected chi connectivity index (χ4v) is 3.09. The van der Waals surface area contributed by atoms with Gasteiger partial charge in [0.25, 0.3) is 5.69 Å². The maximum atomic E-state index is 10.9. The third-order valence-corrected chi connectivity index (χ3v) is 4.57. The molecule has 1 N–H and O–H groups in total. The number of nitrogens with one attached hydrogen (secondary N) is 1. The molecule has 1 heterocycles. The van der Waals surface area contributed by atoms with Gasteiger partial charge in [-0.2, -0.15) is 0 Å². The van der Waals surface area contributed by atoms with E-state index in [0.717, 1.165) is 11.1 Å². The van der Waals surface area contributed by atoms with E-state index in [1.165, 1.54) is 17.8 Å². The molecule has 25 heavy (non-hydrogen) atoms. The second-order valence-corrected chi connectivity index (χ2v) is 6.67. The molecule has 0 saturated heterocycles. The number of hydrogen-bond donors (Lipinski definition) is 1. The van der Waals surface area contributed by atoms with Crippen molar-refractivity contribution < 1.29 is 4.92 Å². The first-order chi connectivity index (χ1) is 12.1. The average molecular weight is 352 g/mol. The lowest BCUT2D eigenvalue weighted by atomic mass is 10.1. The normalized spacial score (nSPS) is 12.4. The van der Waals surface area contributed by atoms with Crippen molar-refractivity contribution in [2.75, 3.05) is 0 Å². The minimum atomic E-state index is -0.389. The number of aromatic nitrogens is 3. The van der Waals surface area contributed by atoms with E-state index in [-0.39, 0.29) is 15.9 Å². The first kappa shape index (κ1) is 16.9. The number of rotatable bonds is 6. The molecule has 0 saturated carbocycles. The molecule has 0 bridgehead atoms. The van der Waals surface area contributed by atoms with Crippen molar-refractivity contribution in [3.05, 3.63) is 81.7 Å². The predicted octanol–water partition coefficient (Wildman–Crippen LogP) is 4.74. The molecule has 0 aliphatic carbocycles. The Morgan fingerprint density at radius 1 is 1.16 bits per heavy atom. The summed E-state index contributed by atoms with van der Waals surface area (Å²) in [5.41, 5.74) is 2.04. The zero-order valence-electron chi connectivity index (χ0n) is 13.5. The number of thioether (sulfide) groups is 1. The van der Waals surface area contributed by atoms with Crippen molar-refractivity contribution >= 4 is 29.6 Å². The van der Waals surface area contributed by atoms with Crippen molar-refractivity contribution in [1.29, 1.82) is 0 Å². The molecule has 0 spiro atoms. The number of nitro groups is 1. The fraction of sp³-hybridized carbons (Fsp3) is 0.111. The average Bonchev–Trinajstić information content (AvgIpc) is 3.08. The van der Waals surface area contributed by atoms with Gasteiger partial charge in [-0.15, -0.1) is 5.10 Å². The molecule has 0 aliphatic heterocycles. The van der Waals surface area contributed by atoms with E-state index < -0.39 is 0 Å². The van der Waals surface area contributed by atoms with Gasteiger partial charge in [0.15, 0.2) is 0 Å². The van der Waals surface area contributed by atoms with Crippen molar-refractivity contribution in [3.63, 3.8) is 0 Å². The van der Waals surface area contributed by atoms with Crippen LogP contribution in [0.25, 0.3) is 12.2 Å². The van der Waals surface area contributed by atoms with Crippen LogP contribution in [0.5, 0.6) is 0 Å². The maximum Gasteiger partial charge on any atom is 0.269 e. The standard InChI is InChI=1S/C18H16N4O2S/c1-13(15-8-5-9-16(12-15)22(23)24)25-18-19-17(20-21-18)11-10-14-6-3-2-4-7-14/h2-13H,1H3,(H,19,20,21)/b11-10+. The summed E-state index contributed by atoms with van der Waals surface area (Å²) < 4.78 is 0. The van der Waals surface area contributed by atoms with Crippen molar-refractivity contribution in [2.45, 2.75) is 17.3 Å². The first-order valence-corrected chi connectivity index (χ1v) is 8.56. The van der Waals surface area contributed by atoms with Crippen molar-refractivity contribution in [2.24, 2.45) is 0 Å². The Morgan fingerprint density at radius 2 is 1.96 bits per heavy atom. The summed E-state index contributed by atoms with van der Waals surface area (Å²) in [6, 6.07) is 16.6. The van der Waals surface area contributed by atoms with Crippen LogP contribution in [0.2, 0.25) is 0 Å². The Labute approximate surface area is 149 Å². The highest BCUT2D eigenvalue weighted by atomic mass is 32.2. The highest BCUT2D eigenvalue weighted by Gasteiger charge is 2.14. The number of nitrogens with zero attached hydrogens (tertiary/aromatic N) is 3. The summed E-state index contributed by atoms with van der Waals surface area (Å²) in [5, 5.41) is 18.6. The van der Waals surface area contributed by atoms with Gasteiger partial charge in [0.2, 0.25) is 5.16 Å². The van der Waals surface area contributed by atoms with Crippen LogP contribution in [-0.4, -0.2) is 20.1 Å². The number of nitro benzene ring substituents is 1. The van der Waals surface area contributed by atoms with E-state index in [1.807, 2.05) is 55.5 Å². The Kier molecular flexibility index (Phi) is 5.25. The molecule has 6 nitrogen and oxygen atoms in total. The second kappa shape index (κ2) is 7.76. The summed E-state index contributed by atoms with van der Waals surface area (Å²) in [6.07, 6.45) is 3.82. The van der Waals surface area contributed by atoms with Crippen LogP contribution in [0, 0.1) is 10.1 Å². The lowest BCUT2D eigenvalue weighted by molar-refractivity contribution is -0.384. The smallest absolute Gasteiger partial charge is 0.259 e. The number of aromatic amines is 1. The predicted molar refractivity (Wildman–Crippen MR) is 99.1 cm³/mol. The molecular formula is C18H16N4O2S. The lowest BCUT2D eigenvalue weighted by Crippen LogP contribution is -1.93. The minimum absolute atomic E-state index is 0.00153. The van der Waals surface area contributed by atoms with Crippen molar-refractivity contribution in [3.8, 4) is 0 Å². The topological polar surface area (TPSA) is 84.7 Å². The molecule has 1 aromatic heterocycles. The Morgan fingerprint density at radius 3 is 2.72 bits per heavy atom. The summed E-state index contributed by atoms with van der Waals surface area (Å²) in [7, 11) is 0. The van der Waals surface area contributed by atoms with Crippen LogP contribution in [0.3, 0.4) is 0 Å². The third-order valence-electron chi connectivity index (χ3n) is 3.55. The summed E-state index contributed by atoms with van der Waals surface area (Å²) in [5.74, 6) is 0.664. The van der Waals surface area contributed by atoms with Crippen LogP contribution in [0.4, 0.5) is 5.69 Å². The highest BCUT2D eigenvalue weighted by molar-refractivity contribution is 7.99. The van der Waals surface area contributed by atoms with Gasteiger partial charge < -0.3 is 0 Å². The molecule has 1 unspecified atom stereocenters. The molecule has 0 fully saturated rings. The van der Waals surface area contributed by atoms with E-state index in [2.05, 4.69) is 15.2 Å². The molecule has 1 atom stereocenters. The third kappa shape index (κ3) is 4.54. The van der Waals surface area contributed by atoms with Crippen LogP contribution >= 0.6 is 11.8 Å². The SMILES string of the molecule is CC(Sc1n[nH]c(/C=C/c2ccccc2)n1)c1cccc([N+](=O)[O-])c1. The minimum Gasteiger partial charge on any atom is -0.259 e. The quantitative estimate of drug-likeness (QED) is 0.393. The van der Waals surface area contributed by atoms with E-state index in [1.54, 1.807) is 12.1 Å². The molecule has 3 aromatic rings. The van der Waals surface area contributed by atoms with E-state index in [4.69, 9.17) is 0 Å². The number of hydrogen-bond acceptors (Lipinski definition) is 5. The lowest BCUT2D eigenvalue weighted by Gasteiger charge is -2.08. The molecule has 3 rings (SSSR count). The Bertz CT molecular complexity index is 893. The Balaban J connectivity index is 1.67. The Hall–Kier alpha value is -2.93. The van der Waals surface area contributed by atoms with Crippen LogP contribution in [0.1, 0.15) is 29.1 Å². The number of benzene rings is 2. The van der Waals surface area contributed by atoms with Crippen LogP contribution < -0.4 is 0 Å². The molecule has 0 amide bonds. The largest absolute Gasteiger partial charge is 0.269 e. The fourth-order valence-electron chi connectivity index (χ4n) is 2.24. The zero-order chi connectivity index (χ0) is 17.6. The summed E-state index contributed by atoms with van der Waals surface area (Å²) in [6.45, 7) is 1.97. The number of non-ortho nitro benzene ring substituents is 1.